The third kappa shape index (κ3) is 2.72. The van der Waals surface area contributed by atoms with Gasteiger partial charge in [-0.3, -0.25) is 9.59 Å². The second-order valence-electron chi connectivity index (χ2n) is 5.86. The van der Waals surface area contributed by atoms with Crippen molar-refractivity contribution in [1.29, 1.82) is 0 Å². The Bertz CT molecular complexity index is 1020. The number of ketones is 1. The molecule has 3 N–H and O–H groups in total. The van der Waals surface area contributed by atoms with Crippen LogP contribution in [-0.2, 0) is 4.79 Å². The number of aromatic nitrogens is 3. The quantitative estimate of drug-likeness (QED) is 0.832. The van der Waals surface area contributed by atoms with Gasteiger partial charge in [0.2, 0.25) is 15.9 Å². The maximum atomic E-state index is 12.3. The average Bonchev–Trinajstić information content (AvgIpc) is 3.23. The van der Waals surface area contributed by atoms with E-state index in [1.165, 1.54) is 40.2 Å². The fraction of sp³-hybridized carbons (Fsp3) is 0.250. The van der Waals surface area contributed by atoms with E-state index < -0.39 is 11.3 Å². The molecular weight excluding hydrogens is 342 g/mol. The summed E-state index contributed by atoms with van der Waals surface area (Å²) in [6.07, 6.45) is 7.75. The summed E-state index contributed by atoms with van der Waals surface area (Å²) in [4.78, 5) is 30.3. The first kappa shape index (κ1) is 15.6. The molecule has 1 saturated heterocycles. The zero-order chi connectivity index (χ0) is 17.6. The Morgan fingerprint density at radius 2 is 2.00 bits per heavy atom. The van der Waals surface area contributed by atoms with Gasteiger partial charge < -0.3 is 15.7 Å². The summed E-state index contributed by atoms with van der Waals surface area (Å²) >= 11 is 1.33. The molecule has 0 atom stereocenters. The van der Waals surface area contributed by atoms with Gasteiger partial charge in [0, 0.05) is 13.1 Å². The van der Waals surface area contributed by atoms with E-state index >= 15 is 0 Å². The van der Waals surface area contributed by atoms with E-state index in [4.69, 9.17) is 5.73 Å². The van der Waals surface area contributed by atoms with Crippen molar-refractivity contribution in [3.63, 3.8) is 0 Å². The minimum atomic E-state index is -0.481. The SMILES string of the molecule is Nc1c(/C=C2\C=CC(=O)C(O)=C2)c(=O)nc2sc(N3CCCC3)nn12. The molecule has 4 rings (SSSR count). The molecule has 0 radical (unpaired) electrons. The molecule has 0 aromatic carbocycles. The maximum absolute atomic E-state index is 12.3. The van der Waals surface area contributed by atoms with Crippen molar-refractivity contribution < 1.29 is 9.90 Å². The van der Waals surface area contributed by atoms with Crippen molar-refractivity contribution in [3.8, 4) is 0 Å². The highest BCUT2D eigenvalue weighted by atomic mass is 32.1. The summed E-state index contributed by atoms with van der Waals surface area (Å²) in [5, 5.41) is 14.8. The average molecular weight is 357 g/mol. The summed E-state index contributed by atoms with van der Waals surface area (Å²) in [7, 11) is 0. The molecule has 0 bridgehead atoms. The first-order chi connectivity index (χ1) is 12.0. The number of fused-ring (bicyclic) bond motifs is 1. The van der Waals surface area contributed by atoms with Crippen LogP contribution in [0.15, 0.2) is 34.4 Å². The minimum Gasteiger partial charge on any atom is -0.504 e. The lowest BCUT2D eigenvalue weighted by atomic mass is 10.1. The van der Waals surface area contributed by atoms with Crippen LogP contribution < -0.4 is 16.2 Å². The topological polar surface area (TPSA) is 114 Å². The summed E-state index contributed by atoms with van der Waals surface area (Å²) in [5.74, 6) is -0.681. The second kappa shape index (κ2) is 5.85. The standard InChI is InChI=1S/C16H15N5O3S/c17-13-10(7-9-3-4-11(22)12(23)8-9)14(24)18-15-21(13)19-16(25-15)20-5-1-2-6-20/h3-4,7-8,23H,1-2,5-6,17H2/b9-7+. The van der Waals surface area contributed by atoms with Crippen molar-refractivity contribution in [1.82, 2.24) is 14.6 Å². The third-order valence-corrected chi connectivity index (χ3v) is 5.12. The lowest BCUT2D eigenvalue weighted by Crippen LogP contribution is -2.18. The highest BCUT2D eigenvalue weighted by Crippen LogP contribution is 2.27. The number of carbonyl (C=O) groups excluding carboxylic acids is 1. The molecule has 2 aromatic heterocycles. The lowest BCUT2D eigenvalue weighted by Gasteiger charge is -2.11. The largest absolute Gasteiger partial charge is 0.504 e. The number of carbonyl (C=O) groups is 1. The van der Waals surface area contributed by atoms with Gasteiger partial charge in [0.25, 0.3) is 5.56 Å². The van der Waals surface area contributed by atoms with E-state index in [2.05, 4.69) is 15.0 Å². The zero-order valence-corrected chi connectivity index (χ0v) is 14.0. The summed E-state index contributed by atoms with van der Waals surface area (Å²) in [5.41, 5.74) is 6.33. The van der Waals surface area contributed by atoms with Crippen LogP contribution in [-0.4, -0.2) is 38.6 Å². The van der Waals surface area contributed by atoms with Crippen LogP contribution in [0.4, 0.5) is 10.9 Å². The van der Waals surface area contributed by atoms with Gasteiger partial charge in [0.05, 0.1) is 5.56 Å². The Morgan fingerprint density at radius 3 is 2.72 bits per heavy atom. The number of aliphatic hydroxyl groups is 1. The highest BCUT2D eigenvalue weighted by molar-refractivity contribution is 7.20. The van der Waals surface area contributed by atoms with Crippen molar-refractivity contribution in [2.75, 3.05) is 23.7 Å². The monoisotopic (exact) mass is 357 g/mol. The Balaban J connectivity index is 1.81. The van der Waals surface area contributed by atoms with Gasteiger partial charge in [-0.25, -0.2) is 0 Å². The third-order valence-electron chi connectivity index (χ3n) is 4.15. The van der Waals surface area contributed by atoms with E-state index in [0.29, 0.717) is 10.5 Å². The van der Waals surface area contributed by atoms with Crippen LogP contribution in [0, 0.1) is 0 Å². The number of allylic oxidation sites excluding steroid dienone is 4. The first-order valence-electron chi connectivity index (χ1n) is 7.82. The van der Waals surface area contributed by atoms with Gasteiger partial charge in [0.1, 0.15) is 5.82 Å². The van der Waals surface area contributed by atoms with Gasteiger partial charge in [-0.2, -0.15) is 9.50 Å². The van der Waals surface area contributed by atoms with Crippen molar-refractivity contribution in [3.05, 3.63) is 45.5 Å². The zero-order valence-electron chi connectivity index (χ0n) is 13.2. The van der Waals surface area contributed by atoms with Crippen LogP contribution in [0.25, 0.3) is 11.0 Å². The van der Waals surface area contributed by atoms with E-state index in [1.807, 2.05) is 0 Å². The number of anilines is 2. The maximum Gasteiger partial charge on any atom is 0.283 e. The van der Waals surface area contributed by atoms with Crippen molar-refractivity contribution >= 4 is 39.1 Å². The number of nitrogen functional groups attached to an aromatic ring is 1. The Morgan fingerprint density at radius 1 is 1.24 bits per heavy atom. The molecule has 2 aromatic rings. The highest BCUT2D eigenvalue weighted by Gasteiger charge is 2.20. The molecular formula is C16H15N5O3S. The predicted molar refractivity (Wildman–Crippen MR) is 95.8 cm³/mol. The van der Waals surface area contributed by atoms with E-state index in [0.717, 1.165) is 31.1 Å². The Kier molecular flexibility index (Phi) is 3.65. The molecule has 0 unspecified atom stereocenters. The van der Waals surface area contributed by atoms with Crippen LogP contribution in [0.5, 0.6) is 0 Å². The van der Waals surface area contributed by atoms with Crippen LogP contribution in [0.2, 0.25) is 0 Å². The summed E-state index contributed by atoms with van der Waals surface area (Å²) in [6.45, 7) is 1.87. The Labute approximate surface area is 146 Å². The summed E-state index contributed by atoms with van der Waals surface area (Å²) < 4.78 is 1.47. The number of aliphatic hydroxyl groups excluding tert-OH is 1. The molecule has 0 saturated carbocycles. The van der Waals surface area contributed by atoms with Crippen molar-refractivity contribution in [2.45, 2.75) is 12.8 Å². The van der Waals surface area contributed by atoms with Crippen LogP contribution in [0.3, 0.4) is 0 Å². The molecule has 1 fully saturated rings. The van der Waals surface area contributed by atoms with Crippen LogP contribution >= 0.6 is 11.3 Å². The molecule has 2 aliphatic rings. The van der Waals surface area contributed by atoms with E-state index in [-0.39, 0.29) is 17.1 Å². The number of rotatable bonds is 2. The van der Waals surface area contributed by atoms with Gasteiger partial charge in [0.15, 0.2) is 5.76 Å². The molecule has 9 heteroatoms. The van der Waals surface area contributed by atoms with Gasteiger partial charge in [-0.15, -0.1) is 5.10 Å². The number of hydrogen-bond donors (Lipinski definition) is 2. The smallest absolute Gasteiger partial charge is 0.283 e. The van der Waals surface area contributed by atoms with Crippen molar-refractivity contribution in [2.24, 2.45) is 0 Å². The van der Waals surface area contributed by atoms with E-state index in [1.54, 1.807) is 0 Å². The molecule has 1 aliphatic heterocycles. The number of hydrogen-bond acceptors (Lipinski definition) is 8. The minimum absolute atomic E-state index is 0.175. The summed E-state index contributed by atoms with van der Waals surface area (Å²) in [6, 6.07) is 0. The number of nitrogens with zero attached hydrogens (tertiary/aromatic N) is 4. The molecule has 0 spiro atoms. The molecule has 0 amide bonds. The van der Waals surface area contributed by atoms with E-state index in [9.17, 15) is 14.7 Å². The number of nitrogens with two attached hydrogens (primary N) is 1. The molecule has 25 heavy (non-hydrogen) atoms. The second-order valence-corrected chi connectivity index (χ2v) is 6.79. The van der Waals surface area contributed by atoms with Gasteiger partial charge >= 0.3 is 0 Å². The molecule has 128 valence electrons. The molecule has 8 nitrogen and oxygen atoms in total. The first-order valence-corrected chi connectivity index (χ1v) is 8.63. The predicted octanol–water partition coefficient (Wildman–Crippen LogP) is 1.30. The fourth-order valence-electron chi connectivity index (χ4n) is 2.83. The Hall–Kier alpha value is -2.94. The molecule has 1 aliphatic carbocycles. The lowest BCUT2D eigenvalue weighted by molar-refractivity contribution is -0.113. The van der Waals surface area contributed by atoms with Gasteiger partial charge in [-0.1, -0.05) is 17.4 Å². The normalized spacial score (nSPS) is 19.2. The van der Waals surface area contributed by atoms with Crippen LogP contribution in [0.1, 0.15) is 18.4 Å². The molecule has 3 heterocycles. The fourth-order valence-corrected chi connectivity index (χ4v) is 3.79. The van der Waals surface area contributed by atoms with Gasteiger partial charge in [-0.05, 0) is 36.6 Å².